The summed E-state index contributed by atoms with van der Waals surface area (Å²) < 4.78 is 38.2. The number of amides is 1. The summed E-state index contributed by atoms with van der Waals surface area (Å²) in [5.41, 5.74) is 5.49. The second-order valence-corrected chi connectivity index (χ2v) is 4.56. The van der Waals surface area contributed by atoms with Crippen LogP contribution in [0.15, 0.2) is 0 Å². The molecule has 17 heavy (non-hydrogen) atoms. The minimum absolute atomic E-state index is 0.0931. The Balaban J connectivity index is 2.63. The molecular formula is C11H19F3N2O. The quantitative estimate of drug-likeness (QED) is 0.806. The highest BCUT2D eigenvalue weighted by molar-refractivity contribution is 5.81. The van der Waals surface area contributed by atoms with E-state index in [0.29, 0.717) is 19.3 Å². The molecule has 3 nitrogen and oxygen atoms in total. The third-order valence-corrected chi connectivity index (χ3v) is 3.29. The lowest BCUT2D eigenvalue weighted by Gasteiger charge is -2.34. The van der Waals surface area contributed by atoms with Crippen molar-refractivity contribution < 1.29 is 18.0 Å². The van der Waals surface area contributed by atoms with E-state index in [2.05, 4.69) is 5.32 Å². The van der Waals surface area contributed by atoms with Crippen molar-refractivity contribution >= 4 is 5.91 Å². The average molecular weight is 252 g/mol. The van der Waals surface area contributed by atoms with Gasteiger partial charge in [0.1, 0.15) is 0 Å². The van der Waals surface area contributed by atoms with Gasteiger partial charge in [0, 0.05) is 6.04 Å². The summed E-state index contributed by atoms with van der Waals surface area (Å²) in [7, 11) is 0. The molecule has 0 spiro atoms. The second-order valence-electron chi connectivity index (χ2n) is 4.56. The zero-order valence-corrected chi connectivity index (χ0v) is 9.89. The molecule has 1 saturated carbocycles. The topological polar surface area (TPSA) is 55.1 Å². The minimum atomic E-state index is -4.24. The van der Waals surface area contributed by atoms with E-state index in [-0.39, 0.29) is 6.42 Å². The number of rotatable bonds is 3. The molecule has 0 saturated heterocycles. The van der Waals surface area contributed by atoms with Crippen molar-refractivity contribution in [3.63, 3.8) is 0 Å². The maximum Gasteiger partial charge on any atom is 0.393 e. The van der Waals surface area contributed by atoms with Crippen LogP contribution in [0.25, 0.3) is 0 Å². The summed E-state index contributed by atoms with van der Waals surface area (Å²) in [5.74, 6) is -1.90. The van der Waals surface area contributed by atoms with Gasteiger partial charge in [-0.3, -0.25) is 4.79 Å². The number of nitrogens with one attached hydrogen (secondary N) is 1. The predicted molar refractivity (Wildman–Crippen MR) is 58.2 cm³/mol. The van der Waals surface area contributed by atoms with Gasteiger partial charge in [0.15, 0.2) is 0 Å². The van der Waals surface area contributed by atoms with Gasteiger partial charge in [-0.25, -0.2) is 0 Å². The molecule has 100 valence electrons. The SMILES string of the molecule is CC[C@H](N)C(=O)NC1CCCCC1C(F)(F)F. The van der Waals surface area contributed by atoms with Gasteiger partial charge in [0.2, 0.25) is 5.91 Å². The van der Waals surface area contributed by atoms with E-state index < -0.39 is 30.1 Å². The number of halogens is 3. The van der Waals surface area contributed by atoms with Crippen LogP contribution in [0.1, 0.15) is 39.0 Å². The highest BCUT2D eigenvalue weighted by Gasteiger charge is 2.46. The largest absolute Gasteiger partial charge is 0.393 e. The molecule has 3 atom stereocenters. The van der Waals surface area contributed by atoms with Crippen molar-refractivity contribution in [1.29, 1.82) is 0 Å². The molecule has 0 bridgehead atoms. The van der Waals surface area contributed by atoms with Crippen LogP contribution in [0.3, 0.4) is 0 Å². The molecule has 6 heteroatoms. The van der Waals surface area contributed by atoms with E-state index in [1.807, 2.05) is 0 Å². The van der Waals surface area contributed by atoms with E-state index in [4.69, 9.17) is 5.73 Å². The molecule has 1 amide bonds. The van der Waals surface area contributed by atoms with Crippen molar-refractivity contribution in [1.82, 2.24) is 5.32 Å². The van der Waals surface area contributed by atoms with Crippen LogP contribution in [-0.4, -0.2) is 24.2 Å². The van der Waals surface area contributed by atoms with Gasteiger partial charge in [-0.15, -0.1) is 0 Å². The predicted octanol–water partition coefficient (Wildman–Crippen LogP) is 1.96. The minimum Gasteiger partial charge on any atom is -0.351 e. The lowest BCUT2D eigenvalue weighted by atomic mass is 9.84. The number of hydrogen-bond acceptors (Lipinski definition) is 2. The Bertz CT molecular complexity index is 268. The van der Waals surface area contributed by atoms with Gasteiger partial charge in [-0.1, -0.05) is 19.8 Å². The Morgan fingerprint density at radius 2 is 2.00 bits per heavy atom. The Morgan fingerprint density at radius 3 is 2.53 bits per heavy atom. The lowest BCUT2D eigenvalue weighted by Crippen LogP contribution is -2.51. The molecule has 0 heterocycles. The first-order valence-corrected chi connectivity index (χ1v) is 5.99. The molecule has 1 aliphatic carbocycles. The van der Waals surface area contributed by atoms with Crippen molar-refractivity contribution in [2.24, 2.45) is 11.7 Å². The standard InChI is InChI=1S/C11H19F3N2O/c1-2-8(15)10(17)16-9-6-4-3-5-7(9)11(12,13)14/h7-9H,2-6,15H2,1H3,(H,16,17)/t7?,8-,9?/m0/s1. The van der Waals surface area contributed by atoms with Crippen molar-refractivity contribution in [2.75, 3.05) is 0 Å². The zero-order chi connectivity index (χ0) is 13.1. The smallest absolute Gasteiger partial charge is 0.351 e. The van der Waals surface area contributed by atoms with Crippen LogP contribution in [0, 0.1) is 5.92 Å². The number of carbonyl (C=O) groups excluding carboxylic acids is 1. The van der Waals surface area contributed by atoms with Crippen molar-refractivity contribution in [3.05, 3.63) is 0 Å². The van der Waals surface area contributed by atoms with Gasteiger partial charge in [-0.2, -0.15) is 13.2 Å². The van der Waals surface area contributed by atoms with Crippen LogP contribution in [-0.2, 0) is 4.79 Å². The van der Waals surface area contributed by atoms with Gasteiger partial charge in [0.05, 0.1) is 12.0 Å². The molecular weight excluding hydrogens is 233 g/mol. The Labute approximate surface area is 98.9 Å². The van der Waals surface area contributed by atoms with Crippen LogP contribution in [0.5, 0.6) is 0 Å². The number of alkyl halides is 3. The van der Waals surface area contributed by atoms with Gasteiger partial charge in [0.25, 0.3) is 0 Å². The van der Waals surface area contributed by atoms with Crippen LogP contribution in [0.4, 0.5) is 13.2 Å². The van der Waals surface area contributed by atoms with Gasteiger partial charge < -0.3 is 11.1 Å². The summed E-state index contributed by atoms with van der Waals surface area (Å²) in [5, 5.41) is 2.44. The van der Waals surface area contributed by atoms with E-state index in [1.54, 1.807) is 6.92 Å². The molecule has 1 aliphatic rings. The highest BCUT2D eigenvalue weighted by atomic mass is 19.4. The lowest BCUT2D eigenvalue weighted by molar-refractivity contribution is -0.189. The van der Waals surface area contributed by atoms with Crippen molar-refractivity contribution in [3.8, 4) is 0 Å². The summed E-state index contributed by atoms with van der Waals surface area (Å²) in [6.07, 6.45) is -2.05. The number of hydrogen-bond donors (Lipinski definition) is 2. The van der Waals surface area contributed by atoms with Crippen LogP contribution >= 0.6 is 0 Å². The monoisotopic (exact) mass is 252 g/mol. The summed E-state index contributed by atoms with van der Waals surface area (Å²) >= 11 is 0. The first kappa shape index (κ1) is 14.3. The molecule has 0 aromatic heterocycles. The third-order valence-electron chi connectivity index (χ3n) is 3.29. The molecule has 0 aromatic rings. The molecule has 2 unspecified atom stereocenters. The highest BCUT2D eigenvalue weighted by Crippen LogP contribution is 2.37. The van der Waals surface area contributed by atoms with Crippen LogP contribution < -0.4 is 11.1 Å². The van der Waals surface area contributed by atoms with Gasteiger partial charge in [-0.05, 0) is 19.3 Å². The Morgan fingerprint density at radius 1 is 1.41 bits per heavy atom. The molecule has 0 radical (unpaired) electrons. The summed E-state index contributed by atoms with van der Waals surface area (Å²) in [6.45, 7) is 1.73. The summed E-state index contributed by atoms with van der Waals surface area (Å²) in [6, 6.07) is -1.53. The summed E-state index contributed by atoms with van der Waals surface area (Å²) in [4.78, 5) is 11.5. The van der Waals surface area contributed by atoms with Crippen LogP contribution in [0.2, 0.25) is 0 Å². The molecule has 3 N–H and O–H groups in total. The van der Waals surface area contributed by atoms with Gasteiger partial charge >= 0.3 is 6.18 Å². The second kappa shape index (κ2) is 5.71. The fourth-order valence-corrected chi connectivity index (χ4v) is 2.17. The molecule has 1 rings (SSSR count). The first-order valence-electron chi connectivity index (χ1n) is 5.99. The molecule has 1 fully saturated rings. The molecule has 0 aromatic carbocycles. The zero-order valence-electron chi connectivity index (χ0n) is 9.89. The first-order chi connectivity index (χ1) is 7.86. The van der Waals surface area contributed by atoms with E-state index >= 15 is 0 Å². The Hall–Kier alpha value is -0.780. The number of carbonyl (C=O) groups is 1. The number of nitrogens with two attached hydrogens (primary N) is 1. The fraction of sp³-hybridized carbons (Fsp3) is 0.909. The van der Waals surface area contributed by atoms with Crippen molar-refractivity contribution in [2.45, 2.75) is 57.3 Å². The van der Waals surface area contributed by atoms with E-state index in [1.165, 1.54) is 0 Å². The molecule has 0 aliphatic heterocycles. The Kier molecular flexibility index (Phi) is 4.80. The average Bonchev–Trinajstić information content (AvgIpc) is 2.27. The van der Waals surface area contributed by atoms with E-state index in [9.17, 15) is 18.0 Å². The van der Waals surface area contributed by atoms with E-state index in [0.717, 1.165) is 6.42 Å². The fourth-order valence-electron chi connectivity index (χ4n) is 2.17. The maximum atomic E-state index is 12.7. The normalized spacial score (nSPS) is 27.6. The maximum absolute atomic E-state index is 12.7. The third kappa shape index (κ3) is 3.87.